The summed E-state index contributed by atoms with van der Waals surface area (Å²) in [6.45, 7) is 2.05. The number of methoxy groups -OCH3 is 1. The summed E-state index contributed by atoms with van der Waals surface area (Å²) in [6, 6.07) is 31.3. The molecule has 0 fully saturated rings. The number of hydrogen-bond acceptors (Lipinski definition) is 6. The van der Waals surface area contributed by atoms with Crippen molar-refractivity contribution in [2.24, 2.45) is 0 Å². The molecule has 39 heavy (non-hydrogen) atoms. The van der Waals surface area contributed by atoms with E-state index in [1.807, 2.05) is 66.7 Å². The van der Waals surface area contributed by atoms with E-state index in [4.69, 9.17) is 4.74 Å². The number of ether oxygens (including phenoxy) is 1. The lowest BCUT2D eigenvalue weighted by Gasteiger charge is -2.23. The molecule has 1 N–H and O–H groups in total. The topological polar surface area (TPSA) is 75.7 Å². The number of hydrogen-bond donors (Lipinski definition) is 1. The molecule has 4 aromatic carbocycles. The van der Waals surface area contributed by atoms with Gasteiger partial charge in [0.2, 0.25) is 0 Å². The highest BCUT2D eigenvalue weighted by Crippen LogP contribution is 2.35. The van der Waals surface area contributed by atoms with E-state index in [9.17, 15) is 13.2 Å². The molecule has 198 valence electrons. The number of thiophene rings is 1. The molecule has 0 unspecified atom stereocenters. The summed E-state index contributed by atoms with van der Waals surface area (Å²) in [5.74, 6) is 0.376. The highest BCUT2D eigenvalue weighted by Gasteiger charge is 2.24. The SMILES string of the molecule is CCN(c1ccc2sc(C(=O)Nc3ccccc3Sc3ccccc3)cc2c1)S(=O)(=O)c1ccc(OC)cc1. The average Bonchev–Trinajstić information content (AvgIpc) is 3.39. The van der Waals surface area contributed by atoms with Crippen molar-refractivity contribution in [2.45, 2.75) is 21.6 Å². The van der Waals surface area contributed by atoms with Gasteiger partial charge < -0.3 is 10.1 Å². The number of fused-ring (bicyclic) bond motifs is 1. The van der Waals surface area contributed by atoms with E-state index >= 15 is 0 Å². The molecule has 0 spiro atoms. The third-order valence-electron chi connectivity index (χ3n) is 6.05. The lowest BCUT2D eigenvalue weighted by molar-refractivity contribution is 0.103. The molecule has 5 aromatic rings. The second-order valence-electron chi connectivity index (χ2n) is 8.54. The summed E-state index contributed by atoms with van der Waals surface area (Å²) in [4.78, 5) is 16.0. The van der Waals surface area contributed by atoms with Gasteiger partial charge in [0.05, 0.1) is 28.3 Å². The number of benzene rings is 4. The molecule has 1 amide bonds. The standard InChI is InChI=1S/C30H26N2O4S3/c1-3-32(39(34,35)25-16-14-23(36-2)15-17-25)22-13-18-27-21(19-22)20-29(38-27)30(33)31-26-11-7-8-12-28(26)37-24-9-5-4-6-10-24/h4-20H,3H2,1-2H3,(H,31,33). The predicted octanol–water partition coefficient (Wildman–Crippen LogP) is 7.53. The van der Waals surface area contributed by atoms with E-state index in [0.29, 0.717) is 16.3 Å². The van der Waals surface area contributed by atoms with Gasteiger partial charge in [0.25, 0.3) is 15.9 Å². The van der Waals surface area contributed by atoms with E-state index < -0.39 is 10.0 Å². The van der Waals surface area contributed by atoms with Crippen molar-refractivity contribution in [3.63, 3.8) is 0 Å². The Morgan fingerprint density at radius 2 is 1.64 bits per heavy atom. The number of rotatable bonds is 9. The molecular formula is C30H26N2O4S3. The van der Waals surface area contributed by atoms with E-state index in [2.05, 4.69) is 5.32 Å². The molecule has 0 saturated carbocycles. The third kappa shape index (κ3) is 5.80. The Balaban J connectivity index is 1.39. The third-order valence-corrected chi connectivity index (χ3v) is 10.2. The van der Waals surface area contributed by atoms with Gasteiger partial charge in [0, 0.05) is 21.0 Å². The number of amides is 1. The summed E-state index contributed by atoms with van der Waals surface area (Å²) in [5.41, 5.74) is 1.27. The number of nitrogens with zero attached hydrogens (tertiary/aromatic N) is 1. The Morgan fingerprint density at radius 1 is 0.923 bits per heavy atom. The van der Waals surface area contributed by atoms with Crippen LogP contribution in [0.4, 0.5) is 11.4 Å². The first-order valence-electron chi connectivity index (χ1n) is 12.2. The van der Waals surface area contributed by atoms with E-state index in [0.717, 1.165) is 25.6 Å². The number of nitrogens with one attached hydrogen (secondary N) is 1. The van der Waals surface area contributed by atoms with Crippen molar-refractivity contribution in [3.8, 4) is 5.75 Å². The largest absolute Gasteiger partial charge is 0.497 e. The molecule has 0 radical (unpaired) electrons. The number of anilines is 2. The number of carbonyl (C=O) groups is 1. The van der Waals surface area contributed by atoms with Crippen LogP contribution in [-0.2, 0) is 10.0 Å². The maximum Gasteiger partial charge on any atom is 0.265 e. The van der Waals surface area contributed by atoms with Crippen molar-refractivity contribution in [3.05, 3.63) is 108 Å². The van der Waals surface area contributed by atoms with Crippen molar-refractivity contribution in [1.82, 2.24) is 0 Å². The van der Waals surface area contributed by atoms with Gasteiger partial charge >= 0.3 is 0 Å². The van der Waals surface area contributed by atoms with E-state index in [1.165, 1.54) is 34.9 Å². The Bertz CT molecular complexity index is 1720. The Hall–Kier alpha value is -3.79. The fraction of sp³-hybridized carbons (Fsp3) is 0.100. The maximum absolute atomic E-state index is 13.4. The van der Waals surface area contributed by atoms with Crippen molar-refractivity contribution in [2.75, 3.05) is 23.3 Å². The van der Waals surface area contributed by atoms with Gasteiger partial charge in [-0.15, -0.1) is 11.3 Å². The minimum atomic E-state index is -3.78. The van der Waals surface area contributed by atoms with Crippen LogP contribution in [0.2, 0.25) is 0 Å². The van der Waals surface area contributed by atoms with Crippen LogP contribution in [0.3, 0.4) is 0 Å². The average molecular weight is 575 g/mol. The normalized spacial score (nSPS) is 11.3. The van der Waals surface area contributed by atoms with Crippen molar-refractivity contribution >= 4 is 60.5 Å². The van der Waals surface area contributed by atoms with Crippen LogP contribution in [0.15, 0.2) is 118 Å². The van der Waals surface area contributed by atoms with Crippen LogP contribution in [0.25, 0.3) is 10.1 Å². The smallest absolute Gasteiger partial charge is 0.265 e. The van der Waals surface area contributed by atoms with Crippen LogP contribution < -0.4 is 14.4 Å². The zero-order valence-electron chi connectivity index (χ0n) is 21.3. The van der Waals surface area contributed by atoms with Crippen LogP contribution in [0, 0.1) is 0 Å². The number of para-hydroxylation sites is 1. The summed E-state index contributed by atoms with van der Waals surface area (Å²) in [5, 5.41) is 3.85. The fourth-order valence-corrected chi connectivity index (χ4v) is 7.45. The molecule has 1 aromatic heterocycles. The van der Waals surface area contributed by atoms with Gasteiger partial charge in [-0.2, -0.15) is 0 Å². The van der Waals surface area contributed by atoms with Crippen LogP contribution in [0.5, 0.6) is 5.75 Å². The van der Waals surface area contributed by atoms with Crippen molar-refractivity contribution < 1.29 is 17.9 Å². The predicted molar refractivity (Wildman–Crippen MR) is 160 cm³/mol. The minimum absolute atomic E-state index is 0.183. The highest BCUT2D eigenvalue weighted by atomic mass is 32.2. The Labute approximate surface area is 236 Å². The second kappa shape index (κ2) is 11.5. The fourth-order valence-electron chi connectivity index (χ4n) is 4.12. The van der Waals surface area contributed by atoms with Gasteiger partial charge in [0.1, 0.15) is 5.75 Å². The Morgan fingerprint density at radius 3 is 2.36 bits per heavy atom. The Kier molecular flexibility index (Phi) is 7.92. The summed E-state index contributed by atoms with van der Waals surface area (Å²) >= 11 is 2.96. The summed E-state index contributed by atoms with van der Waals surface area (Å²) in [7, 11) is -2.24. The lowest BCUT2D eigenvalue weighted by atomic mass is 10.2. The highest BCUT2D eigenvalue weighted by molar-refractivity contribution is 7.99. The first-order valence-corrected chi connectivity index (χ1v) is 15.3. The summed E-state index contributed by atoms with van der Waals surface area (Å²) in [6.07, 6.45) is 0. The molecule has 1 heterocycles. The molecule has 0 aliphatic heterocycles. The monoisotopic (exact) mass is 574 g/mol. The van der Waals surface area contributed by atoms with E-state index in [1.54, 1.807) is 43.0 Å². The molecule has 5 rings (SSSR count). The maximum atomic E-state index is 13.4. The molecule has 0 aliphatic carbocycles. The van der Waals surface area contributed by atoms with Gasteiger partial charge in [-0.05, 0) is 85.1 Å². The molecule has 0 atom stereocenters. The van der Waals surface area contributed by atoms with Crippen LogP contribution >= 0.6 is 23.1 Å². The first kappa shape index (κ1) is 26.8. The molecular weight excluding hydrogens is 549 g/mol. The van der Waals surface area contributed by atoms with Crippen LogP contribution in [0.1, 0.15) is 16.6 Å². The lowest BCUT2D eigenvalue weighted by Crippen LogP contribution is -2.30. The zero-order chi connectivity index (χ0) is 27.4. The first-order chi connectivity index (χ1) is 18.9. The molecule has 0 aliphatic rings. The van der Waals surface area contributed by atoms with Gasteiger partial charge in [-0.25, -0.2) is 8.42 Å². The van der Waals surface area contributed by atoms with Crippen LogP contribution in [-0.4, -0.2) is 28.0 Å². The molecule has 0 saturated heterocycles. The second-order valence-corrected chi connectivity index (χ2v) is 12.6. The van der Waals surface area contributed by atoms with Gasteiger partial charge in [-0.3, -0.25) is 9.10 Å². The van der Waals surface area contributed by atoms with Gasteiger partial charge in [0.15, 0.2) is 0 Å². The molecule has 9 heteroatoms. The quantitative estimate of drug-likeness (QED) is 0.197. The van der Waals surface area contributed by atoms with Gasteiger partial charge in [-0.1, -0.05) is 42.1 Å². The van der Waals surface area contributed by atoms with E-state index in [-0.39, 0.29) is 17.3 Å². The van der Waals surface area contributed by atoms with Crippen molar-refractivity contribution in [1.29, 1.82) is 0 Å². The number of carbonyl (C=O) groups excluding carboxylic acids is 1. The minimum Gasteiger partial charge on any atom is -0.497 e. The molecule has 6 nitrogen and oxygen atoms in total. The number of sulfonamides is 1. The molecule has 0 bridgehead atoms. The summed E-state index contributed by atoms with van der Waals surface area (Å²) < 4.78 is 34.2. The zero-order valence-corrected chi connectivity index (χ0v) is 23.8.